The molecular weight excluding hydrogens is 313 g/mol. The molecule has 0 aliphatic carbocycles. The van der Waals surface area contributed by atoms with Crippen molar-refractivity contribution in [2.75, 3.05) is 5.32 Å². The molecule has 0 aliphatic heterocycles. The molecule has 9 heteroatoms. The molecule has 0 unspecified atom stereocenters. The summed E-state index contributed by atoms with van der Waals surface area (Å²) in [6.45, 7) is 0. The smallest absolute Gasteiger partial charge is 0.406 e. The van der Waals surface area contributed by atoms with Crippen LogP contribution >= 0.6 is 0 Å². The van der Waals surface area contributed by atoms with Crippen LogP contribution in [0.5, 0.6) is 5.75 Å². The Labute approximate surface area is 128 Å². The van der Waals surface area contributed by atoms with Gasteiger partial charge in [-0.05, 0) is 35.9 Å². The lowest BCUT2D eigenvalue weighted by atomic mass is 10.1. The molecule has 0 saturated heterocycles. The Hall–Kier alpha value is -3.19. The van der Waals surface area contributed by atoms with Gasteiger partial charge in [0.05, 0.1) is 5.69 Å². The molecule has 2 aromatic carbocycles. The van der Waals surface area contributed by atoms with Crippen LogP contribution in [0.25, 0.3) is 10.4 Å². The Bertz CT molecular complexity index is 753. The van der Waals surface area contributed by atoms with Crippen molar-refractivity contribution >= 4 is 17.3 Å². The van der Waals surface area contributed by atoms with Gasteiger partial charge in [-0.15, -0.1) is 13.2 Å². The summed E-state index contributed by atoms with van der Waals surface area (Å²) in [5, 5.41) is 5.89. The van der Waals surface area contributed by atoms with Crippen molar-refractivity contribution in [2.24, 2.45) is 5.11 Å². The Morgan fingerprint density at radius 3 is 2.39 bits per heavy atom. The molecule has 0 saturated carbocycles. The fourth-order valence-electron chi connectivity index (χ4n) is 1.74. The molecule has 0 spiro atoms. The summed E-state index contributed by atoms with van der Waals surface area (Å²) in [5.74, 6) is -0.956. The van der Waals surface area contributed by atoms with E-state index in [0.29, 0.717) is 0 Å². The maximum absolute atomic E-state index is 12.1. The van der Waals surface area contributed by atoms with Crippen LogP contribution < -0.4 is 10.1 Å². The summed E-state index contributed by atoms with van der Waals surface area (Å²) in [6.07, 6.45) is -4.78. The summed E-state index contributed by atoms with van der Waals surface area (Å²) in [6, 6.07) is 10.8. The van der Waals surface area contributed by atoms with Crippen molar-refractivity contribution in [2.45, 2.75) is 6.36 Å². The van der Waals surface area contributed by atoms with Crippen LogP contribution in [0.2, 0.25) is 0 Å². The van der Waals surface area contributed by atoms with E-state index in [0.717, 1.165) is 12.1 Å². The fourth-order valence-corrected chi connectivity index (χ4v) is 1.74. The van der Waals surface area contributed by atoms with Crippen molar-refractivity contribution < 1.29 is 22.7 Å². The average Bonchev–Trinajstić information content (AvgIpc) is 2.48. The molecule has 118 valence electrons. The number of carbonyl (C=O) groups is 1. The van der Waals surface area contributed by atoms with E-state index in [-0.39, 0.29) is 16.9 Å². The first-order chi connectivity index (χ1) is 10.9. The number of amides is 1. The molecule has 1 amide bonds. The molecule has 6 nitrogen and oxygen atoms in total. The molecule has 0 aromatic heterocycles. The van der Waals surface area contributed by atoms with Gasteiger partial charge in [-0.25, -0.2) is 0 Å². The molecule has 2 aromatic rings. The fraction of sp³-hybridized carbons (Fsp3) is 0.0714. The molecule has 0 radical (unpaired) electrons. The third-order valence-corrected chi connectivity index (χ3v) is 2.65. The van der Waals surface area contributed by atoms with Crippen molar-refractivity contribution in [1.29, 1.82) is 0 Å². The maximum atomic E-state index is 12.1. The molecular formula is C14H9F3N4O2. The molecule has 1 N–H and O–H groups in total. The van der Waals surface area contributed by atoms with Gasteiger partial charge in [-0.2, -0.15) is 0 Å². The number of nitrogens with one attached hydrogen (secondary N) is 1. The minimum absolute atomic E-state index is 0.140. The van der Waals surface area contributed by atoms with E-state index in [9.17, 15) is 18.0 Å². The highest BCUT2D eigenvalue weighted by molar-refractivity contribution is 6.07. The molecule has 0 atom stereocenters. The van der Waals surface area contributed by atoms with Gasteiger partial charge in [0.25, 0.3) is 5.91 Å². The lowest BCUT2D eigenvalue weighted by Crippen LogP contribution is -2.17. The summed E-state index contributed by atoms with van der Waals surface area (Å²) in [4.78, 5) is 14.7. The van der Waals surface area contributed by atoms with E-state index in [1.165, 1.54) is 24.3 Å². The van der Waals surface area contributed by atoms with Crippen LogP contribution in [-0.2, 0) is 0 Å². The van der Waals surface area contributed by atoms with Gasteiger partial charge >= 0.3 is 6.36 Å². The zero-order chi connectivity index (χ0) is 16.9. The van der Waals surface area contributed by atoms with Gasteiger partial charge in [0, 0.05) is 16.2 Å². The standard InChI is InChI=1S/C14H9F3N4O2/c15-14(16,17)23-10-7-5-9(6-8-10)19-13(22)11-3-1-2-4-12(11)20-21-18/h1-8H,(H,19,22). The van der Waals surface area contributed by atoms with Gasteiger partial charge in [-0.3, -0.25) is 4.79 Å². The van der Waals surface area contributed by atoms with Crippen LogP contribution in [0.15, 0.2) is 53.6 Å². The van der Waals surface area contributed by atoms with Crippen LogP contribution in [0, 0.1) is 0 Å². The van der Waals surface area contributed by atoms with E-state index in [2.05, 4.69) is 20.1 Å². The predicted molar refractivity (Wildman–Crippen MR) is 76.3 cm³/mol. The minimum atomic E-state index is -4.78. The molecule has 23 heavy (non-hydrogen) atoms. The third kappa shape index (κ3) is 4.65. The Kier molecular flexibility index (Phi) is 4.72. The molecule has 0 aliphatic rings. The molecule has 0 bridgehead atoms. The highest BCUT2D eigenvalue weighted by atomic mass is 19.4. The van der Waals surface area contributed by atoms with E-state index in [4.69, 9.17) is 5.53 Å². The topological polar surface area (TPSA) is 87.1 Å². The Balaban J connectivity index is 2.13. The van der Waals surface area contributed by atoms with Crippen molar-refractivity contribution in [1.82, 2.24) is 0 Å². The number of nitrogens with zero attached hydrogens (tertiary/aromatic N) is 3. The van der Waals surface area contributed by atoms with Crippen LogP contribution in [0.1, 0.15) is 10.4 Å². The van der Waals surface area contributed by atoms with E-state index in [1.54, 1.807) is 12.1 Å². The number of ether oxygens (including phenoxy) is 1. The van der Waals surface area contributed by atoms with Crippen LogP contribution in [-0.4, -0.2) is 12.3 Å². The monoisotopic (exact) mass is 322 g/mol. The van der Waals surface area contributed by atoms with E-state index < -0.39 is 18.0 Å². The second-order valence-corrected chi connectivity index (χ2v) is 4.23. The third-order valence-electron chi connectivity index (χ3n) is 2.65. The highest BCUT2D eigenvalue weighted by Gasteiger charge is 2.30. The second kappa shape index (κ2) is 6.71. The number of azide groups is 1. The largest absolute Gasteiger partial charge is 0.573 e. The number of alkyl halides is 3. The van der Waals surface area contributed by atoms with Crippen molar-refractivity contribution in [3.63, 3.8) is 0 Å². The Morgan fingerprint density at radius 1 is 1.13 bits per heavy atom. The number of benzene rings is 2. The first-order valence-electron chi connectivity index (χ1n) is 6.20. The number of anilines is 1. The lowest BCUT2D eigenvalue weighted by molar-refractivity contribution is -0.274. The normalized spacial score (nSPS) is 10.6. The van der Waals surface area contributed by atoms with Gasteiger partial charge in [0.1, 0.15) is 5.75 Å². The minimum Gasteiger partial charge on any atom is -0.406 e. The first-order valence-corrected chi connectivity index (χ1v) is 6.20. The van der Waals surface area contributed by atoms with Crippen molar-refractivity contribution in [3.8, 4) is 5.75 Å². The zero-order valence-corrected chi connectivity index (χ0v) is 11.4. The van der Waals surface area contributed by atoms with Crippen molar-refractivity contribution in [3.05, 3.63) is 64.5 Å². The molecule has 2 rings (SSSR count). The van der Waals surface area contributed by atoms with Gasteiger partial charge in [0.15, 0.2) is 0 Å². The summed E-state index contributed by atoms with van der Waals surface area (Å²) in [7, 11) is 0. The number of hydrogen-bond acceptors (Lipinski definition) is 3. The SMILES string of the molecule is [N-]=[N+]=Nc1ccccc1C(=O)Nc1ccc(OC(F)(F)F)cc1. The molecule has 0 fully saturated rings. The van der Waals surface area contributed by atoms with Crippen LogP contribution in [0.3, 0.4) is 0 Å². The lowest BCUT2D eigenvalue weighted by Gasteiger charge is -2.10. The number of halogens is 3. The molecule has 0 heterocycles. The first kappa shape index (κ1) is 16.2. The van der Waals surface area contributed by atoms with E-state index in [1.807, 2.05) is 0 Å². The summed E-state index contributed by atoms with van der Waals surface area (Å²) < 4.78 is 39.9. The number of hydrogen-bond donors (Lipinski definition) is 1. The highest BCUT2D eigenvalue weighted by Crippen LogP contribution is 2.25. The van der Waals surface area contributed by atoms with Gasteiger partial charge in [0.2, 0.25) is 0 Å². The quantitative estimate of drug-likeness (QED) is 0.499. The average molecular weight is 322 g/mol. The zero-order valence-electron chi connectivity index (χ0n) is 11.4. The number of carbonyl (C=O) groups excluding carboxylic acids is 1. The Morgan fingerprint density at radius 2 is 1.78 bits per heavy atom. The summed E-state index contributed by atoms with van der Waals surface area (Å²) in [5.41, 5.74) is 9.01. The van der Waals surface area contributed by atoms with Gasteiger partial charge < -0.3 is 10.1 Å². The predicted octanol–water partition coefficient (Wildman–Crippen LogP) is 4.78. The van der Waals surface area contributed by atoms with Crippen LogP contribution in [0.4, 0.5) is 24.5 Å². The maximum Gasteiger partial charge on any atom is 0.573 e. The summed E-state index contributed by atoms with van der Waals surface area (Å²) >= 11 is 0. The van der Waals surface area contributed by atoms with Gasteiger partial charge in [-0.1, -0.05) is 23.3 Å². The number of rotatable bonds is 4. The van der Waals surface area contributed by atoms with E-state index >= 15 is 0 Å². The second-order valence-electron chi connectivity index (χ2n) is 4.23.